The van der Waals surface area contributed by atoms with Crippen LogP contribution in [0.2, 0.25) is 0 Å². The van der Waals surface area contributed by atoms with Crippen LogP contribution < -0.4 is 0 Å². The number of carbonyl (C=O) groups is 2. The van der Waals surface area contributed by atoms with E-state index in [9.17, 15) is 44.6 Å². The molecule has 1 aliphatic carbocycles. The molecule has 364 valence electrons. The Hall–Kier alpha value is -2.45. The number of esters is 2. The maximum atomic E-state index is 12.8. The molecule has 0 bridgehead atoms. The normalized spacial score (nSPS) is 22.2. The van der Waals surface area contributed by atoms with Crippen molar-refractivity contribution in [1.82, 2.24) is 0 Å². The zero-order chi connectivity index (χ0) is 46.4. The van der Waals surface area contributed by atoms with Gasteiger partial charge in [-0.2, -0.15) is 0 Å². The van der Waals surface area contributed by atoms with Crippen LogP contribution in [-0.2, 0) is 32.7 Å². The summed E-state index contributed by atoms with van der Waals surface area (Å²) in [6.07, 6.45) is 34.3. The van der Waals surface area contributed by atoms with Crippen LogP contribution in [0.1, 0.15) is 181 Å². The molecule has 0 saturated heterocycles. The van der Waals surface area contributed by atoms with E-state index in [0.717, 1.165) is 32.1 Å². The number of rotatable bonds is 39. The number of unbranched alkanes of at least 4 members (excludes halogenated alkanes) is 17. The highest BCUT2D eigenvalue weighted by Gasteiger charge is 2.51. The molecule has 0 amide bonds. The van der Waals surface area contributed by atoms with Gasteiger partial charge in [-0.05, 0) is 70.6 Å². The highest BCUT2D eigenvalue weighted by molar-refractivity contribution is 7.47. The Bertz CT molecular complexity index is 1330. The lowest BCUT2D eigenvalue weighted by molar-refractivity contribution is -0.220. The predicted molar refractivity (Wildman–Crippen MR) is 249 cm³/mol. The molecule has 1 fully saturated rings. The number of hydrogen-bond donors (Lipinski definition) is 6. The molecule has 0 aromatic carbocycles. The highest BCUT2D eigenvalue weighted by Crippen LogP contribution is 2.47. The first-order valence-corrected chi connectivity index (χ1v) is 25.6. The molecular formula is C49H85O13P. The number of carbonyl (C=O) groups excluding carboxylic acids is 2. The summed E-state index contributed by atoms with van der Waals surface area (Å²) in [6, 6.07) is 0. The van der Waals surface area contributed by atoms with Crippen molar-refractivity contribution < 1.29 is 63.1 Å². The van der Waals surface area contributed by atoms with Gasteiger partial charge in [0.05, 0.1) is 6.61 Å². The van der Waals surface area contributed by atoms with Gasteiger partial charge in [-0.3, -0.25) is 18.6 Å². The van der Waals surface area contributed by atoms with Gasteiger partial charge in [-0.25, -0.2) is 4.57 Å². The van der Waals surface area contributed by atoms with E-state index in [-0.39, 0.29) is 12.8 Å². The van der Waals surface area contributed by atoms with Gasteiger partial charge in [0.2, 0.25) is 0 Å². The molecule has 6 N–H and O–H groups in total. The van der Waals surface area contributed by atoms with E-state index in [1.165, 1.54) is 96.3 Å². The third-order valence-electron chi connectivity index (χ3n) is 10.8. The lowest BCUT2D eigenvalue weighted by atomic mass is 9.85. The molecule has 0 aliphatic heterocycles. The molecule has 6 unspecified atom stereocenters. The molecule has 63 heavy (non-hydrogen) atoms. The van der Waals surface area contributed by atoms with Gasteiger partial charge in [0.15, 0.2) is 6.10 Å². The van der Waals surface area contributed by atoms with Gasteiger partial charge < -0.3 is 39.9 Å². The Labute approximate surface area is 379 Å². The van der Waals surface area contributed by atoms with Crippen molar-refractivity contribution in [3.8, 4) is 0 Å². The second kappa shape index (κ2) is 38.8. The van der Waals surface area contributed by atoms with Crippen LogP contribution in [0.3, 0.4) is 0 Å². The molecule has 8 atom stereocenters. The van der Waals surface area contributed by atoms with Crippen LogP contribution in [-0.4, -0.2) is 98.3 Å². The minimum Gasteiger partial charge on any atom is -0.462 e. The van der Waals surface area contributed by atoms with Crippen LogP contribution in [0.25, 0.3) is 0 Å². The summed E-state index contributed by atoms with van der Waals surface area (Å²) in [4.78, 5) is 35.7. The Kier molecular flexibility index (Phi) is 36.1. The molecule has 14 heteroatoms. The van der Waals surface area contributed by atoms with E-state index in [1.54, 1.807) is 0 Å². The number of aliphatic hydroxyl groups is 5. The Morgan fingerprint density at radius 1 is 0.492 bits per heavy atom. The fourth-order valence-corrected chi connectivity index (χ4v) is 7.90. The Balaban J connectivity index is 2.51. The number of allylic oxidation sites excluding steroid dienone is 10. The average molecular weight is 913 g/mol. The monoisotopic (exact) mass is 913 g/mol. The van der Waals surface area contributed by atoms with Crippen molar-refractivity contribution in [2.45, 2.75) is 224 Å². The van der Waals surface area contributed by atoms with Crippen LogP contribution in [0, 0.1) is 0 Å². The number of phosphoric acid groups is 1. The zero-order valence-electron chi connectivity index (χ0n) is 38.6. The summed E-state index contributed by atoms with van der Waals surface area (Å²) in [5.74, 6) is -1.22. The molecular weight excluding hydrogens is 828 g/mol. The zero-order valence-corrected chi connectivity index (χ0v) is 39.5. The van der Waals surface area contributed by atoms with E-state index in [0.29, 0.717) is 25.7 Å². The standard InChI is InChI=1S/C49H85O13P/c1-3-5-7-9-11-13-15-17-19-21-23-25-27-29-31-33-35-37-42(50)59-39-41(40-60-63(57,58)62-49-47(55)45(53)44(52)46(54)48(49)56)61-43(51)38-36-34-32-30-28-26-24-22-20-18-16-14-12-10-8-6-4-2/h18,20,23-26,29-32,41,44-49,52-56H,3-17,19,21-22,27-28,33-40H2,1-2H3,(H,57,58)/b20-18+,25-23+,26-24+,31-29+,32-30+/t41-,44?,45-,46?,47?,48?,49?/m0/s1. The molecule has 1 saturated carbocycles. The summed E-state index contributed by atoms with van der Waals surface area (Å²) in [5, 5.41) is 50.2. The van der Waals surface area contributed by atoms with Gasteiger partial charge in [-0.15, -0.1) is 0 Å². The fourth-order valence-electron chi connectivity index (χ4n) is 6.93. The first kappa shape index (κ1) is 58.6. The lowest BCUT2D eigenvalue weighted by Gasteiger charge is -2.41. The van der Waals surface area contributed by atoms with E-state index in [1.807, 2.05) is 18.2 Å². The second-order valence-corrected chi connectivity index (χ2v) is 18.0. The first-order chi connectivity index (χ1) is 30.4. The molecule has 0 heterocycles. The lowest BCUT2D eigenvalue weighted by Crippen LogP contribution is -2.64. The quantitative estimate of drug-likeness (QED) is 0.0147. The number of ether oxygens (including phenoxy) is 2. The molecule has 1 aliphatic rings. The van der Waals surface area contributed by atoms with Crippen LogP contribution in [0.4, 0.5) is 0 Å². The topological polar surface area (TPSA) is 210 Å². The number of hydrogen-bond acceptors (Lipinski definition) is 12. The summed E-state index contributed by atoms with van der Waals surface area (Å²) < 4.78 is 33.4. The number of aliphatic hydroxyl groups excluding tert-OH is 5. The van der Waals surface area contributed by atoms with Crippen LogP contribution in [0.15, 0.2) is 60.8 Å². The number of phosphoric ester groups is 1. The van der Waals surface area contributed by atoms with Crippen molar-refractivity contribution in [2.24, 2.45) is 0 Å². The molecule has 0 spiro atoms. The van der Waals surface area contributed by atoms with Gasteiger partial charge >= 0.3 is 19.8 Å². The van der Waals surface area contributed by atoms with Crippen LogP contribution >= 0.6 is 7.82 Å². The van der Waals surface area contributed by atoms with Gasteiger partial charge in [-0.1, -0.05) is 158 Å². The van der Waals surface area contributed by atoms with Crippen molar-refractivity contribution >= 4 is 19.8 Å². The van der Waals surface area contributed by atoms with E-state index < -0.39 is 75.7 Å². The van der Waals surface area contributed by atoms with Gasteiger partial charge in [0.25, 0.3) is 0 Å². The fraction of sp³-hybridized carbons (Fsp3) is 0.755. The second-order valence-electron chi connectivity index (χ2n) is 16.6. The summed E-state index contributed by atoms with van der Waals surface area (Å²) in [7, 11) is -5.14. The summed E-state index contributed by atoms with van der Waals surface area (Å²) >= 11 is 0. The van der Waals surface area contributed by atoms with Gasteiger partial charge in [0, 0.05) is 12.8 Å². The minimum absolute atomic E-state index is 0.0145. The summed E-state index contributed by atoms with van der Waals surface area (Å²) in [5.41, 5.74) is 0. The third-order valence-corrected chi connectivity index (χ3v) is 11.8. The van der Waals surface area contributed by atoms with Crippen molar-refractivity contribution in [3.63, 3.8) is 0 Å². The maximum absolute atomic E-state index is 12.8. The Morgan fingerprint density at radius 3 is 1.30 bits per heavy atom. The molecule has 13 nitrogen and oxygen atoms in total. The summed E-state index contributed by atoms with van der Waals surface area (Å²) in [6.45, 7) is 3.22. The van der Waals surface area contributed by atoms with Crippen molar-refractivity contribution in [2.75, 3.05) is 13.2 Å². The molecule has 1 rings (SSSR count). The van der Waals surface area contributed by atoms with Crippen molar-refractivity contribution in [3.05, 3.63) is 60.8 Å². The van der Waals surface area contributed by atoms with Crippen LogP contribution in [0.5, 0.6) is 0 Å². The van der Waals surface area contributed by atoms with E-state index in [4.69, 9.17) is 18.5 Å². The largest absolute Gasteiger partial charge is 0.472 e. The van der Waals surface area contributed by atoms with E-state index in [2.05, 4.69) is 56.4 Å². The van der Waals surface area contributed by atoms with E-state index >= 15 is 0 Å². The highest BCUT2D eigenvalue weighted by atomic mass is 31.2. The molecule has 0 aromatic heterocycles. The molecule has 0 aromatic rings. The predicted octanol–water partition coefficient (Wildman–Crippen LogP) is 9.73. The van der Waals surface area contributed by atoms with Gasteiger partial charge in [0.1, 0.15) is 43.2 Å². The Morgan fingerprint density at radius 2 is 0.857 bits per heavy atom. The van der Waals surface area contributed by atoms with Crippen molar-refractivity contribution in [1.29, 1.82) is 0 Å². The SMILES string of the molecule is CCCCCCCC/C=C/C/C=C/C/C=C/CCCC(=O)O[C@@H](COC(=O)CCC/C=C/C/C=C/CCCCCCCCCCC)COP(=O)(O)OC1C(O)C(O)C(O)[C@H](O)C1O. The third kappa shape index (κ3) is 31.2. The smallest absolute Gasteiger partial charge is 0.462 e. The first-order valence-electron chi connectivity index (χ1n) is 24.1. The average Bonchev–Trinajstić information content (AvgIpc) is 3.26. The minimum atomic E-state index is -5.14. The molecule has 0 radical (unpaired) electrons. The maximum Gasteiger partial charge on any atom is 0.472 e.